The molecule has 0 spiro atoms. The molecule has 7 heteroatoms. The maximum absolute atomic E-state index is 12.5. The quantitative estimate of drug-likeness (QED) is 0.780. The second-order valence-electron chi connectivity index (χ2n) is 6.50. The predicted octanol–water partition coefficient (Wildman–Crippen LogP) is 1.33. The summed E-state index contributed by atoms with van der Waals surface area (Å²) in [7, 11) is 2.12. The summed E-state index contributed by atoms with van der Waals surface area (Å²) in [6.07, 6.45) is 0.140. The summed E-state index contributed by atoms with van der Waals surface area (Å²) < 4.78 is 11.2. The number of rotatable bonds is 3. The number of benzene rings is 1. The molecule has 1 aromatic carbocycles. The van der Waals surface area contributed by atoms with Crippen LogP contribution in [0.25, 0.3) is 10.9 Å². The standard InChI is InChI=1S/C18H22N4O3/c1-3-24-18(23)16-17(12-6-4-5-7-13(12)19-20-16)22-10-14-15(11-22)25-9-8-21(14)2/h4-7,14-15H,3,8-11H2,1-2H3. The van der Waals surface area contributed by atoms with E-state index in [4.69, 9.17) is 9.47 Å². The average Bonchev–Trinajstić information content (AvgIpc) is 3.06. The third kappa shape index (κ3) is 2.83. The highest BCUT2D eigenvalue weighted by Gasteiger charge is 2.40. The lowest BCUT2D eigenvalue weighted by molar-refractivity contribution is -0.0362. The van der Waals surface area contributed by atoms with Crippen molar-refractivity contribution in [3.05, 3.63) is 30.0 Å². The fraction of sp³-hybridized carbons (Fsp3) is 0.500. The number of hydrogen-bond donors (Lipinski definition) is 0. The molecule has 0 aliphatic carbocycles. The molecular formula is C18H22N4O3. The van der Waals surface area contributed by atoms with Gasteiger partial charge in [-0.3, -0.25) is 4.90 Å². The van der Waals surface area contributed by atoms with E-state index in [1.807, 2.05) is 24.3 Å². The lowest BCUT2D eigenvalue weighted by atomic mass is 10.1. The van der Waals surface area contributed by atoms with Crippen molar-refractivity contribution in [3.8, 4) is 0 Å². The molecule has 25 heavy (non-hydrogen) atoms. The maximum atomic E-state index is 12.5. The first-order valence-electron chi connectivity index (χ1n) is 8.68. The molecule has 2 atom stereocenters. The zero-order valence-corrected chi connectivity index (χ0v) is 14.5. The summed E-state index contributed by atoms with van der Waals surface area (Å²) in [5.74, 6) is -0.431. The number of nitrogens with zero attached hydrogens (tertiary/aromatic N) is 4. The van der Waals surface area contributed by atoms with E-state index in [-0.39, 0.29) is 11.8 Å². The summed E-state index contributed by atoms with van der Waals surface area (Å²) >= 11 is 0. The van der Waals surface area contributed by atoms with Gasteiger partial charge in [-0.2, -0.15) is 0 Å². The van der Waals surface area contributed by atoms with Crippen LogP contribution in [0, 0.1) is 0 Å². The van der Waals surface area contributed by atoms with Crippen LogP contribution in [0.1, 0.15) is 17.4 Å². The predicted molar refractivity (Wildman–Crippen MR) is 93.9 cm³/mol. The third-order valence-corrected chi connectivity index (χ3v) is 5.01. The molecule has 4 rings (SSSR count). The van der Waals surface area contributed by atoms with Gasteiger partial charge in [-0.25, -0.2) is 4.79 Å². The van der Waals surface area contributed by atoms with Gasteiger partial charge in [0.1, 0.15) is 0 Å². The monoisotopic (exact) mass is 342 g/mol. The van der Waals surface area contributed by atoms with Crippen molar-refractivity contribution in [2.75, 3.05) is 44.8 Å². The molecule has 2 unspecified atom stereocenters. The number of aromatic nitrogens is 2. The van der Waals surface area contributed by atoms with Gasteiger partial charge < -0.3 is 14.4 Å². The van der Waals surface area contributed by atoms with E-state index in [0.717, 1.165) is 42.8 Å². The van der Waals surface area contributed by atoms with Crippen LogP contribution in [0.4, 0.5) is 5.69 Å². The minimum atomic E-state index is -0.431. The molecule has 2 fully saturated rings. The molecule has 2 aliphatic rings. The van der Waals surface area contributed by atoms with Crippen LogP contribution in [-0.2, 0) is 9.47 Å². The van der Waals surface area contributed by atoms with Gasteiger partial charge in [-0.15, -0.1) is 10.2 Å². The zero-order chi connectivity index (χ0) is 17.4. The number of carbonyl (C=O) groups excluding carboxylic acids is 1. The Morgan fingerprint density at radius 2 is 2.16 bits per heavy atom. The van der Waals surface area contributed by atoms with E-state index in [9.17, 15) is 4.79 Å². The van der Waals surface area contributed by atoms with Crippen LogP contribution in [0.5, 0.6) is 0 Å². The van der Waals surface area contributed by atoms with Gasteiger partial charge in [-0.05, 0) is 20.0 Å². The Bertz CT molecular complexity index is 797. The van der Waals surface area contributed by atoms with Crippen molar-refractivity contribution >= 4 is 22.6 Å². The smallest absolute Gasteiger partial charge is 0.361 e. The Morgan fingerprint density at radius 1 is 1.32 bits per heavy atom. The van der Waals surface area contributed by atoms with E-state index in [0.29, 0.717) is 12.6 Å². The molecule has 2 saturated heterocycles. The van der Waals surface area contributed by atoms with E-state index in [2.05, 4.69) is 27.0 Å². The second kappa shape index (κ2) is 6.57. The number of fused-ring (bicyclic) bond motifs is 2. The van der Waals surface area contributed by atoms with Crippen molar-refractivity contribution in [2.45, 2.75) is 19.1 Å². The summed E-state index contributed by atoms with van der Waals surface area (Å²) in [5.41, 5.74) is 1.85. The van der Waals surface area contributed by atoms with E-state index in [1.165, 1.54) is 0 Å². The Balaban J connectivity index is 1.79. The third-order valence-electron chi connectivity index (χ3n) is 5.01. The Kier molecular flexibility index (Phi) is 4.27. The lowest BCUT2D eigenvalue weighted by Crippen LogP contribution is -2.48. The lowest BCUT2D eigenvalue weighted by Gasteiger charge is -2.33. The van der Waals surface area contributed by atoms with E-state index in [1.54, 1.807) is 6.92 Å². The fourth-order valence-corrected chi connectivity index (χ4v) is 3.74. The largest absolute Gasteiger partial charge is 0.461 e. The van der Waals surface area contributed by atoms with Crippen LogP contribution in [-0.4, -0.2) is 73.1 Å². The minimum Gasteiger partial charge on any atom is -0.461 e. The van der Waals surface area contributed by atoms with Crippen LogP contribution >= 0.6 is 0 Å². The van der Waals surface area contributed by atoms with Crippen molar-refractivity contribution in [2.24, 2.45) is 0 Å². The Morgan fingerprint density at radius 3 is 2.96 bits per heavy atom. The molecule has 1 aromatic heterocycles. The molecule has 0 saturated carbocycles. The zero-order valence-electron chi connectivity index (χ0n) is 14.5. The highest BCUT2D eigenvalue weighted by Crippen LogP contribution is 2.33. The highest BCUT2D eigenvalue weighted by molar-refractivity contribution is 6.03. The fourth-order valence-electron chi connectivity index (χ4n) is 3.74. The maximum Gasteiger partial charge on any atom is 0.361 e. The summed E-state index contributed by atoms with van der Waals surface area (Å²) in [6.45, 7) is 5.30. The molecule has 132 valence electrons. The summed E-state index contributed by atoms with van der Waals surface area (Å²) in [5, 5.41) is 9.31. The van der Waals surface area contributed by atoms with Gasteiger partial charge >= 0.3 is 5.97 Å². The van der Waals surface area contributed by atoms with Gasteiger partial charge in [0.25, 0.3) is 0 Å². The van der Waals surface area contributed by atoms with Gasteiger partial charge in [-0.1, -0.05) is 18.2 Å². The first-order valence-corrected chi connectivity index (χ1v) is 8.68. The molecule has 0 bridgehead atoms. The summed E-state index contributed by atoms with van der Waals surface area (Å²) in [4.78, 5) is 17.0. The number of likely N-dealkylation sites (N-methyl/N-ethyl adjacent to an activating group) is 1. The van der Waals surface area contributed by atoms with Crippen molar-refractivity contribution in [3.63, 3.8) is 0 Å². The number of esters is 1. The highest BCUT2D eigenvalue weighted by atomic mass is 16.5. The summed E-state index contributed by atoms with van der Waals surface area (Å²) in [6, 6.07) is 8.08. The molecule has 2 aromatic rings. The van der Waals surface area contributed by atoms with Crippen molar-refractivity contribution in [1.29, 1.82) is 0 Å². The van der Waals surface area contributed by atoms with E-state index < -0.39 is 5.97 Å². The van der Waals surface area contributed by atoms with Gasteiger partial charge in [0, 0.05) is 25.0 Å². The van der Waals surface area contributed by atoms with Gasteiger partial charge in [0.2, 0.25) is 0 Å². The van der Waals surface area contributed by atoms with Crippen molar-refractivity contribution in [1.82, 2.24) is 15.1 Å². The minimum absolute atomic E-state index is 0.140. The van der Waals surface area contributed by atoms with Crippen LogP contribution in [0.2, 0.25) is 0 Å². The number of morpholine rings is 1. The molecule has 0 N–H and O–H groups in total. The number of anilines is 1. The SMILES string of the molecule is CCOC(=O)c1nnc2ccccc2c1N1CC2OCCN(C)C2C1. The number of ether oxygens (including phenoxy) is 2. The number of carbonyl (C=O) groups is 1. The molecule has 3 heterocycles. The van der Waals surface area contributed by atoms with Crippen LogP contribution in [0.15, 0.2) is 24.3 Å². The van der Waals surface area contributed by atoms with Crippen LogP contribution in [0.3, 0.4) is 0 Å². The first kappa shape index (κ1) is 16.2. The van der Waals surface area contributed by atoms with Crippen molar-refractivity contribution < 1.29 is 14.3 Å². The normalized spacial score (nSPS) is 23.7. The van der Waals surface area contributed by atoms with Gasteiger partial charge in [0.05, 0.1) is 36.6 Å². The molecule has 0 radical (unpaired) electrons. The molecule has 0 amide bonds. The second-order valence-corrected chi connectivity index (χ2v) is 6.50. The molecule has 2 aliphatic heterocycles. The Labute approximate surface area is 146 Å². The first-order chi connectivity index (χ1) is 12.2. The molecular weight excluding hydrogens is 320 g/mol. The van der Waals surface area contributed by atoms with Crippen LogP contribution < -0.4 is 4.90 Å². The Hall–Kier alpha value is -2.25. The average molecular weight is 342 g/mol. The topological polar surface area (TPSA) is 67.8 Å². The molecule has 7 nitrogen and oxygen atoms in total. The van der Waals surface area contributed by atoms with E-state index >= 15 is 0 Å². The van der Waals surface area contributed by atoms with Gasteiger partial charge in [0.15, 0.2) is 5.69 Å². The number of hydrogen-bond acceptors (Lipinski definition) is 7.